The molecule has 1 amide bonds. The van der Waals surface area contributed by atoms with E-state index < -0.39 is 11.1 Å². The average molecular weight is 668 g/mol. The summed E-state index contributed by atoms with van der Waals surface area (Å²) in [6.07, 6.45) is 3.09. The molecule has 6 aromatic rings. The van der Waals surface area contributed by atoms with E-state index in [1.165, 1.54) is 5.06 Å². The quantitative estimate of drug-likeness (QED) is 0.176. The van der Waals surface area contributed by atoms with E-state index >= 15 is 0 Å². The van der Waals surface area contributed by atoms with E-state index in [0.29, 0.717) is 24.9 Å². The van der Waals surface area contributed by atoms with Crippen molar-refractivity contribution in [2.24, 2.45) is 7.05 Å². The van der Waals surface area contributed by atoms with Crippen molar-refractivity contribution in [2.75, 3.05) is 0 Å². The molecule has 4 aromatic carbocycles. The molecule has 257 valence electrons. The lowest BCUT2D eigenvalue weighted by Gasteiger charge is -2.50. The number of carbonyl (C=O) groups excluding carboxylic acids is 1. The van der Waals surface area contributed by atoms with E-state index in [9.17, 15) is 10.0 Å². The number of fused-ring (bicyclic) bond motifs is 2. The molecule has 3 heterocycles. The summed E-state index contributed by atoms with van der Waals surface area (Å²) in [5.41, 5.74) is 9.00. The van der Waals surface area contributed by atoms with Gasteiger partial charge in [0, 0.05) is 48.3 Å². The van der Waals surface area contributed by atoms with Crippen molar-refractivity contribution in [2.45, 2.75) is 90.9 Å². The molecular weight excluding hydrogens is 621 g/mol. The summed E-state index contributed by atoms with van der Waals surface area (Å²) in [7, 11) is 2.08. The first-order chi connectivity index (χ1) is 23.9. The van der Waals surface area contributed by atoms with Crippen molar-refractivity contribution in [1.29, 1.82) is 0 Å². The van der Waals surface area contributed by atoms with Crippen molar-refractivity contribution in [3.8, 4) is 22.5 Å². The van der Waals surface area contributed by atoms with Gasteiger partial charge < -0.3 is 14.5 Å². The number of imidazole rings is 2. The molecule has 0 atom stereocenters. The maximum Gasteiger partial charge on any atom is 0.252 e. The third kappa shape index (κ3) is 6.11. The van der Waals surface area contributed by atoms with Crippen LogP contribution in [0.1, 0.15) is 81.2 Å². The summed E-state index contributed by atoms with van der Waals surface area (Å²) in [6.45, 7) is 12.8. The third-order valence-corrected chi connectivity index (χ3v) is 10.3. The van der Waals surface area contributed by atoms with E-state index in [1.807, 2.05) is 58.0 Å². The number of hydroxylamine groups is 2. The first-order valence-corrected chi connectivity index (χ1v) is 17.7. The average Bonchev–Trinajstić information content (AvgIpc) is 3.61. The van der Waals surface area contributed by atoms with Gasteiger partial charge in [0.15, 0.2) is 0 Å². The molecule has 2 aromatic heterocycles. The Morgan fingerprint density at radius 1 is 0.860 bits per heavy atom. The predicted octanol–water partition coefficient (Wildman–Crippen LogP) is 8.66. The van der Waals surface area contributed by atoms with E-state index in [0.717, 1.165) is 74.4 Å². The van der Waals surface area contributed by atoms with Crippen molar-refractivity contribution in [3.63, 3.8) is 0 Å². The molecular formula is C42H47N6O2. The number of hydrogen-bond donors (Lipinski definition) is 1. The molecule has 1 N–H and O–H groups in total. The van der Waals surface area contributed by atoms with Crippen LogP contribution in [-0.4, -0.2) is 47.2 Å². The Morgan fingerprint density at radius 2 is 1.54 bits per heavy atom. The van der Waals surface area contributed by atoms with Crippen molar-refractivity contribution >= 4 is 28.0 Å². The Morgan fingerprint density at radius 3 is 2.24 bits per heavy atom. The van der Waals surface area contributed by atoms with E-state index in [2.05, 4.69) is 89.9 Å². The third-order valence-electron chi connectivity index (χ3n) is 10.3. The Bertz CT molecular complexity index is 2190. The SMILES string of the molecule is CCCc1nc2c(C)cc(-c3nc4ccccc4n3C)cc2n1Cc1ccc(-c2ccccc2C(=O)NC2CC(C)(C)N([O])C(C)(C)C2)cc1. The number of hydrogen-bond acceptors (Lipinski definition) is 4. The summed E-state index contributed by atoms with van der Waals surface area (Å²) in [5, 5.41) is 17.3. The second-order valence-electron chi connectivity index (χ2n) is 15.2. The normalized spacial score (nSPS) is 16.3. The zero-order chi connectivity index (χ0) is 35.4. The van der Waals surface area contributed by atoms with Crippen LogP contribution < -0.4 is 5.32 Å². The molecule has 0 unspecified atom stereocenters. The Kier molecular flexibility index (Phi) is 8.65. The number of amides is 1. The number of piperidine rings is 1. The minimum absolute atomic E-state index is 0.0870. The Labute approximate surface area is 294 Å². The van der Waals surface area contributed by atoms with Crippen LogP contribution in [0.25, 0.3) is 44.6 Å². The number of nitrogens with zero attached hydrogens (tertiary/aromatic N) is 5. The molecule has 1 saturated heterocycles. The van der Waals surface area contributed by atoms with Crippen molar-refractivity contribution in [3.05, 3.63) is 107 Å². The Balaban J connectivity index is 1.18. The predicted molar refractivity (Wildman–Crippen MR) is 200 cm³/mol. The number of carbonyl (C=O) groups is 1. The van der Waals surface area contributed by atoms with Gasteiger partial charge in [-0.05, 0) is 106 Å². The Hall–Kier alpha value is -4.79. The van der Waals surface area contributed by atoms with Gasteiger partial charge in [-0.15, -0.1) is 10.3 Å². The molecule has 1 aliphatic rings. The van der Waals surface area contributed by atoms with Crippen LogP contribution in [0.5, 0.6) is 0 Å². The lowest BCUT2D eigenvalue weighted by atomic mass is 9.79. The monoisotopic (exact) mass is 667 g/mol. The summed E-state index contributed by atoms with van der Waals surface area (Å²) in [6, 6.07) is 28.9. The number of para-hydroxylation sites is 2. The summed E-state index contributed by atoms with van der Waals surface area (Å²) < 4.78 is 4.52. The van der Waals surface area contributed by atoms with Crippen LogP contribution in [0.3, 0.4) is 0 Å². The van der Waals surface area contributed by atoms with Gasteiger partial charge in [0.1, 0.15) is 11.6 Å². The van der Waals surface area contributed by atoms with Crippen LogP contribution in [0, 0.1) is 6.92 Å². The number of aryl methyl sites for hydroxylation is 3. The van der Waals surface area contributed by atoms with Gasteiger partial charge in [-0.2, -0.15) is 0 Å². The maximum atomic E-state index is 13.7. The minimum atomic E-state index is -0.556. The van der Waals surface area contributed by atoms with Crippen LogP contribution in [0.4, 0.5) is 0 Å². The highest BCUT2D eigenvalue weighted by atomic mass is 16.5. The fourth-order valence-electron chi connectivity index (χ4n) is 8.10. The first kappa shape index (κ1) is 33.7. The molecule has 1 radical (unpaired) electrons. The highest BCUT2D eigenvalue weighted by Crippen LogP contribution is 2.37. The summed E-state index contributed by atoms with van der Waals surface area (Å²) in [5.74, 6) is 1.91. The van der Waals surface area contributed by atoms with Crippen LogP contribution in [0.2, 0.25) is 0 Å². The highest BCUT2D eigenvalue weighted by Gasteiger charge is 2.46. The van der Waals surface area contributed by atoms with E-state index in [1.54, 1.807) is 0 Å². The van der Waals surface area contributed by atoms with Crippen LogP contribution in [-0.2, 0) is 25.2 Å². The van der Waals surface area contributed by atoms with Gasteiger partial charge in [0.2, 0.25) is 0 Å². The van der Waals surface area contributed by atoms with Gasteiger partial charge in [-0.25, -0.2) is 9.97 Å². The molecule has 0 aliphatic carbocycles. The molecule has 0 spiro atoms. The van der Waals surface area contributed by atoms with Crippen LogP contribution in [0.15, 0.2) is 84.9 Å². The van der Waals surface area contributed by atoms with Gasteiger partial charge >= 0.3 is 0 Å². The maximum absolute atomic E-state index is 13.7. The van der Waals surface area contributed by atoms with E-state index in [4.69, 9.17) is 9.97 Å². The highest BCUT2D eigenvalue weighted by molar-refractivity contribution is 6.01. The number of rotatable bonds is 8. The molecule has 7 rings (SSSR count). The number of benzene rings is 4. The smallest absolute Gasteiger partial charge is 0.252 e. The fraction of sp³-hybridized carbons (Fsp3) is 0.357. The number of nitrogens with one attached hydrogen (secondary N) is 1. The second-order valence-corrected chi connectivity index (χ2v) is 15.2. The van der Waals surface area contributed by atoms with Crippen LogP contribution >= 0.6 is 0 Å². The fourth-order valence-corrected chi connectivity index (χ4v) is 8.10. The summed E-state index contributed by atoms with van der Waals surface area (Å²) >= 11 is 0. The summed E-state index contributed by atoms with van der Waals surface area (Å²) in [4.78, 5) is 23.8. The molecule has 0 bridgehead atoms. The second kappa shape index (κ2) is 12.8. The lowest BCUT2D eigenvalue weighted by Crippen LogP contribution is -2.62. The van der Waals surface area contributed by atoms with Gasteiger partial charge in [0.25, 0.3) is 5.91 Å². The zero-order valence-electron chi connectivity index (χ0n) is 30.2. The van der Waals surface area contributed by atoms with Gasteiger partial charge in [0.05, 0.1) is 22.1 Å². The first-order valence-electron chi connectivity index (χ1n) is 17.7. The largest absolute Gasteiger partial charge is 0.349 e. The molecule has 8 nitrogen and oxygen atoms in total. The molecule has 1 fully saturated rings. The van der Waals surface area contributed by atoms with Gasteiger partial charge in [-0.3, -0.25) is 4.79 Å². The topological polar surface area (TPSA) is 87.9 Å². The van der Waals surface area contributed by atoms with E-state index in [-0.39, 0.29) is 11.9 Å². The number of aromatic nitrogens is 4. The van der Waals surface area contributed by atoms with Crippen molar-refractivity contribution in [1.82, 2.24) is 29.5 Å². The zero-order valence-corrected chi connectivity index (χ0v) is 30.2. The van der Waals surface area contributed by atoms with Gasteiger partial charge in [-0.1, -0.05) is 61.5 Å². The molecule has 0 saturated carbocycles. The molecule has 50 heavy (non-hydrogen) atoms. The van der Waals surface area contributed by atoms with Crippen molar-refractivity contribution < 1.29 is 10.0 Å². The lowest BCUT2D eigenvalue weighted by molar-refractivity contribution is -0.289. The molecule has 8 heteroatoms. The molecule has 1 aliphatic heterocycles. The minimum Gasteiger partial charge on any atom is -0.349 e. The standard InChI is InChI=1S/C42H47N6O2/c1-8-13-37-45-38-27(2)22-30(39-44-34-16-11-12-17-35(34)46(39)7)23-36(38)47(37)26-28-18-20-29(21-19-28)32-14-9-10-15-33(32)40(49)43-31-24-41(3,4)48(50)42(5,6)25-31/h9-12,14-23,31H,8,13,24-26H2,1-7H3,(H,43,49).